The predicted octanol–water partition coefficient (Wildman–Crippen LogP) is 0.669. The lowest BCUT2D eigenvalue weighted by molar-refractivity contribution is 0.275. The highest BCUT2D eigenvalue weighted by molar-refractivity contribution is 5.05. The van der Waals surface area contributed by atoms with Gasteiger partial charge in [-0.1, -0.05) is 0 Å². The van der Waals surface area contributed by atoms with Crippen LogP contribution < -0.4 is 0 Å². The molecule has 0 unspecified atom stereocenters. The van der Waals surface area contributed by atoms with Crippen LogP contribution in [0.5, 0.6) is 0 Å². The minimum atomic E-state index is 0.0451. The molecule has 1 saturated heterocycles. The van der Waals surface area contributed by atoms with Gasteiger partial charge in [-0.15, -0.1) is 0 Å². The normalized spacial score (nSPS) is 24.0. The Labute approximate surface area is 77.6 Å². The maximum atomic E-state index is 8.87. The van der Waals surface area contributed by atoms with Crippen LogP contribution in [0.4, 0.5) is 0 Å². The topological polar surface area (TPSA) is 52.1 Å². The number of aromatic amines is 1. The molecule has 1 atom stereocenters. The van der Waals surface area contributed by atoms with E-state index in [1.165, 1.54) is 6.42 Å². The Balaban J connectivity index is 2.15. The summed E-state index contributed by atoms with van der Waals surface area (Å²) >= 11 is 0. The molecule has 1 aromatic heterocycles. The summed E-state index contributed by atoms with van der Waals surface area (Å²) in [5, 5.41) is 8.87. The Bertz CT molecular complexity index is 284. The van der Waals surface area contributed by atoms with Gasteiger partial charge in [-0.25, -0.2) is 4.98 Å². The SMILES string of the molecule is CN1CCC[C@H]1c1ncc(CO)[nH]1. The number of nitrogens with zero attached hydrogens (tertiary/aromatic N) is 2. The first-order valence-electron chi connectivity index (χ1n) is 4.66. The number of likely N-dealkylation sites (tertiary alicyclic amines) is 1. The summed E-state index contributed by atoms with van der Waals surface area (Å²) in [6, 6.07) is 0.417. The van der Waals surface area contributed by atoms with E-state index in [2.05, 4.69) is 21.9 Å². The van der Waals surface area contributed by atoms with Crippen LogP contribution in [0.1, 0.15) is 30.4 Å². The fourth-order valence-corrected chi connectivity index (χ4v) is 1.88. The van der Waals surface area contributed by atoms with Gasteiger partial charge in [0, 0.05) is 0 Å². The fraction of sp³-hybridized carbons (Fsp3) is 0.667. The number of H-pyrrole nitrogens is 1. The molecule has 1 fully saturated rings. The summed E-state index contributed by atoms with van der Waals surface area (Å²) in [7, 11) is 2.11. The van der Waals surface area contributed by atoms with Gasteiger partial charge < -0.3 is 10.1 Å². The van der Waals surface area contributed by atoms with Crippen LogP contribution in [0, 0.1) is 0 Å². The smallest absolute Gasteiger partial charge is 0.123 e. The maximum Gasteiger partial charge on any atom is 0.123 e. The van der Waals surface area contributed by atoms with Crippen molar-refractivity contribution in [3.63, 3.8) is 0 Å². The van der Waals surface area contributed by atoms with Gasteiger partial charge in [0.1, 0.15) is 5.82 Å². The summed E-state index contributed by atoms with van der Waals surface area (Å²) in [5.41, 5.74) is 0.801. The highest BCUT2D eigenvalue weighted by Gasteiger charge is 2.24. The standard InChI is InChI=1S/C9H15N3O/c1-12-4-2-3-8(12)9-10-5-7(6-13)11-9/h5,8,13H,2-4,6H2,1H3,(H,10,11)/t8-/m0/s1. The van der Waals surface area contributed by atoms with Crippen molar-refractivity contribution in [1.82, 2.24) is 14.9 Å². The van der Waals surface area contributed by atoms with Gasteiger partial charge in [0.15, 0.2) is 0 Å². The number of hydrogen-bond donors (Lipinski definition) is 2. The van der Waals surface area contributed by atoms with Crippen molar-refractivity contribution in [3.8, 4) is 0 Å². The molecule has 72 valence electrons. The van der Waals surface area contributed by atoms with Crippen molar-refractivity contribution in [3.05, 3.63) is 17.7 Å². The minimum absolute atomic E-state index is 0.0451. The molecule has 4 heteroatoms. The van der Waals surface area contributed by atoms with Crippen molar-refractivity contribution < 1.29 is 5.11 Å². The fourth-order valence-electron chi connectivity index (χ4n) is 1.88. The third kappa shape index (κ3) is 1.59. The van der Waals surface area contributed by atoms with E-state index < -0.39 is 0 Å². The lowest BCUT2D eigenvalue weighted by atomic mass is 10.2. The number of hydrogen-bond acceptors (Lipinski definition) is 3. The van der Waals surface area contributed by atoms with E-state index in [9.17, 15) is 0 Å². The van der Waals surface area contributed by atoms with Gasteiger partial charge in [0.2, 0.25) is 0 Å². The van der Waals surface area contributed by atoms with E-state index in [0.717, 1.165) is 24.5 Å². The van der Waals surface area contributed by atoms with E-state index in [1.54, 1.807) is 6.20 Å². The molecule has 0 aromatic carbocycles. The zero-order valence-electron chi connectivity index (χ0n) is 7.82. The first-order chi connectivity index (χ1) is 6.31. The van der Waals surface area contributed by atoms with E-state index in [0.29, 0.717) is 6.04 Å². The molecule has 2 heterocycles. The molecule has 1 aliphatic rings. The molecule has 2 N–H and O–H groups in total. The quantitative estimate of drug-likeness (QED) is 0.705. The molecule has 0 saturated carbocycles. The summed E-state index contributed by atoms with van der Waals surface area (Å²) in [5.74, 6) is 0.990. The number of aliphatic hydroxyl groups excluding tert-OH is 1. The predicted molar refractivity (Wildman–Crippen MR) is 49.1 cm³/mol. The van der Waals surface area contributed by atoms with E-state index in [4.69, 9.17) is 5.11 Å². The van der Waals surface area contributed by atoms with E-state index in [1.807, 2.05) is 0 Å². The number of aromatic nitrogens is 2. The van der Waals surface area contributed by atoms with Gasteiger partial charge >= 0.3 is 0 Å². The summed E-state index contributed by atoms with van der Waals surface area (Å²) in [6.45, 7) is 1.18. The Hall–Kier alpha value is -0.870. The van der Waals surface area contributed by atoms with Crippen LogP contribution >= 0.6 is 0 Å². The Morgan fingerprint density at radius 1 is 1.77 bits per heavy atom. The third-order valence-corrected chi connectivity index (χ3v) is 2.65. The van der Waals surface area contributed by atoms with Gasteiger partial charge in [0.05, 0.1) is 24.5 Å². The summed E-state index contributed by atoms with van der Waals surface area (Å²) in [4.78, 5) is 9.69. The molecule has 0 spiro atoms. The van der Waals surface area contributed by atoms with Crippen molar-refractivity contribution in [1.29, 1.82) is 0 Å². The van der Waals surface area contributed by atoms with Crippen LogP contribution in [-0.4, -0.2) is 33.6 Å². The molecule has 0 radical (unpaired) electrons. The molecular weight excluding hydrogens is 166 g/mol. The van der Waals surface area contributed by atoms with Crippen LogP contribution in [0.25, 0.3) is 0 Å². The number of imidazole rings is 1. The first-order valence-corrected chi connectivity index (χ1v) is 4.66. The second-order valence-corrected chi connectivity index (χ2v) is 3.59. The van der Waals surface area contributed by atoms with Gasteiger partial charge in [-0.3, -0.25) is 4.90 Å². The lowest BCUT2D eigenvalue weighted by Crippen LogP contribution is -2.18. The largest absolute Gasteiger partial charge is 0.390 e. The highest BCUT2D eigenvalue weighted by atomic mass is 16.3. The molecule has 13 heavy (non-hydrogen) atoms. The maximum absolute atomic E-state index is 8.87. The zero-order chi connectivity index (χ0) is 9.26. The average molecular weight is 181 g/mol. The van der Waals surface area contributed by atoms with Crippen LogP contribution in [0.2, 0.25) is 0 Å². The molecule has 2 rings (SSSR count). The van der Waals surface area contributed by atoms with Crippen LogP contribution in [0.15, 0.2) is 6.20 Å². The summed E-state index contributed by atoms with van der Waals surface area (Å²) < 4.78 is 0. The van der Waals surface area contributed by atoms with Crippen molar-refractivity contribution in [2.45, 2.75) is 25.5 Å². The average Bonchev–Trinajstić information content (AvgIpc) is 2.71. The van der Waals surface area contributed by atoms with Gasteiger partial charge in [-0.2, -0.15) is 0 Å². The Morgan fingerprint density at radius 2 is 2.62 bits per heavy atom. The molecule has 0 aliphatic carbocycles. The van der Waals surface area contributed by atoms with Crippen molar-refractivity contribution >= 4 is 0 Å². The molecule has 4 nitrogen and oxygen atoms in total. The third-order valence-electron chi connectivity index (χ3n) is 2.65. The number of rotatable bonds is 2. The van der Waals surface area contributed by atoms with Crippen molar-refractivity contribution in [2.24, 2.45) is 0 Å². The Morgan fingerprint density at radius 3 is 3.15 bits per heavy atom. The highest BCUT2D eigenvalue weighted by Crippen LogP contribution is 2.27. The van der Waals surface area contributed by atoms with E-state index >= 15 is 0 Å². The summed E-state index contributed by atoms with van der Waals surface area (Å²) in [6.07, 6.45) is 4.10. The molecule has 0 bridgehead atoms. The van der Waals surface area contributed by atoms with Gasteiger partial charge in [-0.05, 0) is 26.4 Å². The second-order valence-electron chi connectivity index (χ2n) is 3.59. The Kier molecular flexibility index (Phi) is 2.33. The molecule has 0 amide bonds. The number of aliphatic hydroxyl groups is 1. The number of nitrogens with one attached hydrogen (secondary N) is 1. The van der Waals surface area contributed by atoms with Gasteiger partial charge in [0.25, 0.3) is 0 Å². The molecule has 1 aromatic rings. The minimum Gasteiger partial charge on any atom is -0.390 e. The molecule has 1 aliphatic heterocycles. The van der Waals surface area contributed by atoms with E-state index in [-0.39, 0.29) is 6.61 Å². The zero-order valence-corrected chi connectivity index (χ0v) is 7.82. The first kappa shape index (κ1) is 8.72. The van der Waals surface area contributed by atoms with Crippen LogP contribution in [0.3, 0.4) is 0 Å². The second kappa shape index (κ2) is 3.47. The lowest BCUT2D eigenvalue weighted by Gasteiger charge is -2.16. The van der Waals surface area contributed by atoms with Crippen LogP contribution in [-0.2, 0) is 6.61 Å². The monoisotopic (exact) mass is 181 g/mol. The molecular formula is C9H15N3O. The van der Waals surface area contributed by atoms with Crippen molar-refractivity contribution in [2.75, 3.05) is 13.6 Å².